The molecule has 3 aromatic rings. The van der Waals surface area contributed by atoms with E-state index in [1.165, 1.54) is 0 Å². The third kappa shape index (κ3) is 3.43. The number of H-pyrrole nitrogens is 1. The molecule has 0 bridgehead atoms. The minimum absolute atomic E-state index is 0.0988. The van der Waals surface area contributed by atoms with Crippen LogP contribution in [0.25, 0.3) is 10.8 Å². The van der Waals surface area contributed by atoms with E-state index >= 15 is 0 Å². The maximum atomic E-state index is 12.2. The summed E-state index contributed by atoms with van der Waals surface area (Å²) in [5, 5.41) is 10.5. The van der Waals surface area contributed by atoms with Crippen molar-refractivity contribution in [3.05, 3.63) is 64.6 Å². The molecule has 6 heteroatoms. The van der Waals surface area contributed by atoms with Crippen molar-refractivity contribution in [3.8, 4) is 0 Å². The smallest absolute Gasteiger partial charge is 0.272 e. The van der Waals surface area contributed by atoms with Gasteiger partial charge in [-0.2, -0.15) is 5.10 Å². The highest BCUT2D eigenvalue weighted by molar-refractivity contribution is 7.98. The number of fused-ring (bicyclic) bond motifs is 1. The van der Waals surface area contributed by atoms with Crippen LogP contribution in [0.1, 0.15) is 5.69 Å². The Labute approximate surface area is 137 Å². The van der Waals surface area contributed by atoms with Crippen molar-refractivity contribution in [1.29, 1.82) is 0 Å². The van der Waals surface area contributed by atoms with Crippen molar-refractivity contribution in [2.24, 2.45) is 0 Å². The molecule has 1 aromatic heterocycles. The molecule has 1 amide bonds. The zero-order chi connectivity index (χ0) is 16.2. The van der Waals surface area contributed by atoms with Crippen LogP contribution in [-0.4, -0.2) is 22.4 Å². The monoisotopic (exact) mass is 325 g/mol. The number of carbonyl (C=O) groups is 1. The van der Waals surface area contributed by atoms with Crippen molar-refractivity contribution in [2.75, 3.05) is 11.6 Å². The number of aromatic nitrogens is 2. The Morgan fingerprint density at radius 2 is 1.83 bits per heavy atom. The van der Waals surface area contributed by atoms with Crippen molar-refractivity contribution < 1.29 is 4.79 Å². The summed E-state index contributed by atoms with van der Waals surface area (Å²) < 4.78 is 0. The first-order valence-electron chi connectivity index (χ1n) is 7.07. The van der Waals surface area contributed by atoms with E-state index in [9.17, 15) is 9.59 Å². The number of hydrogen-bond acceptors (Lipinski definition) is 4. The number of benzene rings is 2. The molecule has 5 nitrogen and oxygen atoms in total. The molecule has 0 saturated heterocycles. The van der Waals surface area contributed by atoms with Gasteiger partial charge in [-0.3, -0.25) is 9.59 Å². The third-order valence-corrected chi connectivity index (χ3v) is 4.22. The molecule has 0 aliphatic rings. The second kappa shape index (κ2) is 6.66. The van der Waals surface area contributed by atoms with Crippen LogP contribution in [0, 0.1) is 0 Å². The molecule has 1 heterocycles. The van der Waals surface area contributed by atoms with Crippen LogP contribution < -0.4 is 10.9 Å². The van der Waals surface area contributed by atoms with Gasteiger partial charge >= 0.3 is 0 Å². The van der Waals surface area contributed by atoms with Crippen LogP contribution in [0.2, 0.25) is 0 Å². The first kappa shape index (κ1) is 15.3. The van der Waals surface area contributed by atoms with E-state index in [1.54, 1.807) is 30.0 Å². The molecule has 0 fully saturated rings. The molecular weight excluding hydrogens is 310 g/mol. The molecule has 0 atom stereocenters. The molecule has 2 N–H and O–H groups in total. The molecule has 0 aliphatic carbocycles. The number of thioether (sulfide) groups is 1. The highest BCUT2D eigenvalue weighted by atomic mass is 32.2. The lowest BCUT2D eigenvalue weighted by molar-refractivity contribution is -0.115. The van der Waals surface area contributed by atoms with E-state index in [0.29, 0.717) is 16.5 Å². The minimum Gasteiger partial charge on any atom is -0.326 e. The molecule has 0 aliphatic heterocycles. The number of nitrogens with one attached hydrogen (secondary N) is 2. The van der Waals surface area contributed by atoms with Gasteiger partial charge < -0.3 is 5.32 Å². The van der Waals surface area contributed by atoms with Crippen LogP contribution >= 0.6 is 11.8 Å². The van der Waals surface area contributed by atoms with Gasteiger partial charge in [0.2, 0.25) is 5.91 Å². The molecule has 2 aromatic carbocycles. The largest absolute Gasteiger partial charge is 0.326 e. The van der Waals surface area contributed by atoms with Gasteiger partial charge in [-0.15, -0.1) is 11.8 Å². The Morgan fingerprint density at radius 3 is 2.52 bits per heavy atom. The Hall–Kier alpha value is -2.60. The van der Waals surface area contributed by atoms with E-state index in [4.69, 9.17) is 0 Å². The van der Waals surface area contributed by atoms with Crippen LogP contribution in [0.15, 0.2) is 58.2 Å². The second-order valence-corrected chi connectivity index (χ2v) is 5.88. The molecule has 0 spiro atoms. The van der Waals surface area contributed by atoms with Gasteiger partial charge in [0.25, 0.3) is 5.56 Å². The maximum absolute atomic E-state index is 12.2. The number of rotatable bonds is 4. The third-order valence-electron chi connectivity index (χ3n) is 3.48. The van der Waals surface area contributed by atoms with Crippen molar-refractivity contribution >= 4 is 34.1 Å². The summed E-state index contributed by atoms with van der Waals surface area (Å²) in [6.07, 6.45) is 2.10. The highest BCUT2D eigenvalue weighted by Crippen LogP contribution is 2.18. The Bertz CT molecular complexity index is 904. The summed E-state index contributed by atoms with van der Waals surface area (Å²) in [5.74, 6) is -0.174. The second-order valence-electron chi connectivity index (χ2n) is 5.00. The Kier molecular flexibility index (Phi) is 4.43. The molecule has 0 unspecified atom stereocenters. The predicted molar refractivity (Wildman–Crippen MR) is 92.9 cm³/mol. The lowest BCUT2D eigenvalue weighted by atomic mass is 10.1. The van der Waals surface area contributed by atoms with E-state index in [1.807, 2.05) is 36.6 Å². The van der Waals surface area contributed by atoms with Gasteiger partial charge in [-0.25, -0.2) is 5.10 Å². The zero-order valence-corrected chi connectivity index (χ0v) is 13.3. The van der Waals surface area contributed by atoms with Gasteiger partial charge in [-0.05, 0) is 36.6 Å². The molecule has 3 rings (SSSR count). The normalized spacial score (nSPS) is 10.7. The molecular formula is C17H15N3O2S. The SMILES string of the molecule is CSc1ccc(NC(=O)Cc2n[nH]c(=O)c3ccccc23)cc1. The zero-order valence-electron chi connectivity index (χ0n) is 12.5. The van der Waals surface area contributed by atoms with E-state index in [-0.39, 0.29) is 17.9 Å². The van der Waals surface area contributed by atoms with Crippen LogP contribution in [0.5, 0.6) is 0 Å². The fourth-order valence-electron chi connectivity index (χ4n) is 2.34. The summed E-state index contributed by atoms with van der Waals surface area (Å²) >= 11 is 1.65. The van der Waals surface area contributed by atoms with E-state index < -0.39 is 0 Å². The minimum atomic E-state index is -0.252. The number of nitrogens with zero attached hydrogens (tertiary/aromatic N) is 1. The summed E-state index contributed by atoms with van der Waals surface area (Å²) in [7, 11) is 0. The standard InChI is InChI=1S/C17H15N3O2S/c1-23-12-8-6-11(7-9-12)18-16(21)10-15-13-4-2-3-5-14(13)17(22)20-19-15/h2-9H,10H2,1H3,(H,18,21)(H,20,22). The molecule has 116 valence electrons. The Morgan fingerprint density at radius 1 is 1.13 bits per heavy atom. The van der Waals surface area contributed by atoms with E-state index in [0.717, 1.165) is 10.6 Å². The van der Waals surface area contributed by atoms with E-state index in [2.05, 4.69) is 15.5 Å². The highest BCUT2D eigenvalue weighted by Gasteiger charge is 2.10. The van der Waals surface area contributed by atoms with Gasteiger partial charge in [0, 0.05) is 16.0 Å². The summed E-state index contributed by atoms with van der Waals surface area (Å²) in [5.41, 5.74) is 1.04. The topological polar surface area (TPSA) is 74.8 Å². The Balaban J connectivity index is 1.80. The summed E-state index contributed by atoms with van der Waals surface area (Å²) in [4.78, 5) is 25.1. The summed E-state index contributed by atoms with van der Waals surface area (Å²) in [6, 6.07) is 14.8. The number of carbonyl (C=O) groups excluding carboxylic acids is 1. The number of aromatic amines is 1. The molecule has 23 heavy (non-hydrogen) atoms. The van der Waals surface area contributed by atoms with Crippen molar-refractivity contribution in [1.82, 2.24) is 10.2 Å². The van der Waals surface area contributed by atoms with Gasteiger partial charge in [-0.1, -0.05) is 18.2 Å². The van der Waals surface area contributed by atoms with Crippen LogP contribution in [0.3, 0.4) is 0 Å². The average molecular weight is 325 g/mol. The quantitative estimate of drug-likeness (QED) is 0.723. The summed E-state index contributed by atoms with van der Waals surface area (Å²) in [6.45, 7) is 0. The fourth-order valence-corrected chi connectivity index (χ4v) is 2.75. The lowest BCUT2D eigenvalue weighted by Gasteiger charge is -2.07. The van der Waals surface area contributed by atoms with Crippen molar-refractivity contribution in [2.45, 2.75) is 11.3 Å². The van der Waals surface area contributed by atoms with Crippen LogP contribution in [-0.2, 0) is 11.2 Å². The predicted octanol–water partition coefficient (Wildman–Crippen LogP) is 2.83. The first-order valence-corrected chi connectivity index (χ1v) is 8.30. The molecule has 0 saturated carbocycles. The molecule has 0 radical (unpaired) electrons. The number of amides is 1. The number of anilines is 1. The van der Waals surface area contributed by atoms with Gasteiger partial charge in [0.15, 0.2) is 0 Å². The lowest BCUT2D eigenvalue weighted by Crippen LogP contribution is -2.18. The maximum Gasteiger partial charge on any atom is 0.272 e. The van der Waals surface area contributed by atoms with Gasteiger partial charge in [0.05, 0.1) is 17.5 Å². The van der Waals surface area contributed by atoms with Crippen molar-refractivity contribution in [3.63, 3.8) is 0 Å². The number of hydrogen-bond donors (Lipinski definition) is 2. The van der Waals surface area contributed by atoms with Gasteiger partial charge in [0.1, 0.15) is 0 Å². The first-order chi connectivity index (χ1) is 11.2. The average Bonchev–Trinajstić information content (AvgIpc) is 2.58. The van der Waals surface area contributed by atoms with Crippen LogP contribution in [0.4, 0.5) is 5.69 Å². The fraction of sp³-hybridized carbons (Fsp3) is 0.118.